The van der Waals surface area contributed by atoms with Crippen molar-refractivity contribution in [3.8, 4) is 22.6 Å². The SMILES string of the molecule is COc1cc(-c2ccc(NCC(C)C(=O)O)cc2COC2Cc3ccccc3C2)cc(OC)c1C. The molecule has 0 bridgehead atoms. The molecule has 1 aliphatic carbocycles. The first-order chi connectivity index (χ1) is 16.9. The van der Waals surface area contributed by atoms with Crippen LogP contribution >= 0.6 is 0 Å². The van der Waals surface area contributed by atoms with E-state index in [1.807, 2.05) is 37.3 Å². The largest absolute Gasteiger partial charge is 0.496 e. The van der Waals surface area contributed by atoms with E-state index in [0.29, 0.717) is 13.2 Å². The highest BCUT2D eigenvalue weighted by molar-refractivity contribution is 5.74. The van der Waals surface area contributed by atoms with Crippen LogP contribution in [-0.2, 0) is 29.0 Å². The summed E-state index contributed by atoms with van der Waals surface area (Å²) in [5.74, 6) is 0.208. The molecule has 4 rings (SSSR count). The van der Waals surface area contributed by atoms with Crippen molar-refractivity contribution in [1.29, 1.82) is 0 Å². The number of ether oxygens (including phenoxy) is 3. The van der Waals surface area contributed by atoms with Crippen molar-refractivity contribution >= 4 is 11.7 Å². The van der Waals surface area contributed by atoms with Crippen LogP contribution in [0.15, 0.2) is 54.6 Å². The fourth-order valence-electron chi connectivity index (χ4n) is 4.55. The van der Waals surface area contributed by atoms with Crippen LogP contribution in [0.3, 0.4) is 0 Å². The van der Waals surface area contributed by atoms with Crippen LogP contribution in [0.2, 0.25) is 0 Å². The van der Waals surface area contributed by atoms with Crippen molar-refractivity contribution < 1.29 is 24.1 Å². The summed E-state index contributed by atoms with van der Waals surface area (Å²) < 4.78 is 17.6. The zero-order chi connectivity index (χ0) is 24.9. The van der Waals surface area contributed by atoms with Gasteiger partial charge in [-0.1, -0.05) is 37.3 Å². The number of methoxy groups -OCH3 is 2. The predicted molar refractivity (Wildman–Crippen MR) is 137 cm³/mol. The monoisotopic (exact) mass is 475 g/mol. The van der Waals surface area contributed by atoms with Crippen molar-refractivity contribution in [3.63, 3.8) is 0 Å². The lowest BCUT2D eigenvalue weighted by atomic mass is 9.97. The molecule has 1 aliphatic rings. The highest BCUT2D eigenvalue weighted by Gasteiger charge is 2.22. The van der Waals surface area contributed by atoms with Crippen molar-refractivity contribution in [2.45, 2.75) is 39.4 Å². The fourth-order valence-corrected chi connectivity index (χ4v) is 4.55. The first-order valence-electron chi connectivity index (χ1n) is 11.9. The van der Waals surface area contributed by atoms with E-state index in [2.05, 4.69) is 29.6 Å². The van der Waals surface area contributed by atoms with Crippen molar-refractivity contribution in [1.82, 2.24) is 0 Å². The maximum absolute atomic E-state index is 11.2. The van der Waals surface area contributed by atoms with Gasteiger partial charge in [-0.15, -0.1) is 0 Å². The van der Waals surface area contributed by atoms with E-state index in [1.54, 1.807) is 21.1 Å². The maximum Gasteiger partial charge on any atom is 0.308 e. The molecule has 1 atom stereocenters. The average molecular weight is 476 g/mol. The van der Waals surface area contributed by atoms with Crippen LogP contribution in [0.5, 0.6) is 11.5 Å². The summed E-state index contributed by atoms with van der Waals surface area (Å²) >= 11 is 0. The Hall–Kier alpha value is -3.51. The van der Waals surface area contributed by atoms with E-state index < -0.39 is 11.9 Å². The second-order valence-electron chi connectivity index (χ2n) is 9.11. The number of hydrogen-bond donors (Lipinski definition) is 2. The van der Waals surface area contributed by atoms with Gasteiger partial charge in [0.1, 0.15) is 11.5 Å². The molecular formula is C29H33NO5. The van der Waals surface area contributed by atoms with Crippen LogP contribution in [0, 0.1) is 12.8 Å². The Kier molecular flexibility index (Phi) is 7.61. The molecule has 0 spiro atoms. The lowest BCUT2D eigenvalue weighted by Crippen LogP contribution is -2.19. The minimum absolute atomic E-state index is 0.131. The molecular weight excluding hydrogens is 442 g/mol. The van der Waals surface area contributed by atoms with E-state index in [0.717, 1.165) is 52.3 Å². The summed E-state index contributed by atoms with van der Waals surface area (Å²) in [7, 11) is 3.31. The molecule has 0 fully saturated rings. The molecule has 0 radical (unpaired) electrons. The van der Waals surface area contributed by atoms with Crippen LogP contribution in [0.1, 0.15) is 29.2 Å². The predicted octanol–water partition coefficient (Wildman–Crippen LogP) is 5.50. The number of carbonyl (C=O) groups is 1. The van der Waals surface area contributed by atoms with Gasteiger partial charge in [0.15, 0.2) is 0 Å². The van der Waals surface area contributed by atoms with Crippen LogP contribution in [0.4, 0.5) is 5.69 Å². The average Bonchev–Trinajstić information content (AvgIpc) is 3.29. The highest BCUT2D eigenvalue weighted by atomic mass is 16.5. The molecule has 2 N–H and O–H groups in total. The number of hydrogen-bond acceptors (Lipinski definition) is 5. The van der Waals surface area contributed by atoms with Gasteiger partial charge >= 0.3 is 5.97 Å². The van der Waals surface area contributed by atoms with E-state index in [9.17, 15) is 9.90 Å². The van der Waals surface area contributed by atoms with Gasteiger partial charge in [0.2, 0.25) is 0 Å². The Morgan fingerprint density at radius 3 is 2.23 bits per heavy atom. The number of aliphatic carboxylic acids is 1. The molecule has 1 unspecified atom stereocenters. The lowest BCUT2D eigenvalue weighted by molar-refractivity contribution is -0.140. The van der Waals surface area contributed by atoms with Crippen LogP contribution in [-0.4, -0.2) is 37.9 Å². The normalized spacial score (nSPS) is 13.8. The Labute approximate surface area is 206 Å². The molecule has 184 valence electrons. The first kappa shape index (κ1) is 24.6. The van der Waals surface area contributed by atoms with E-state index >= 15 is 0 Å². The molecule has 6 heteroatoms. The molecule has 0 saturated carbocycles. The molecule has 3 aromatic carbocycles. The topological polar surface area (TPSA) is 77.0 Å². The summed E-state index contributed by atoms with van der Waals surface area (Å²) in [6, 6.07) is 18.6. The zero-order valence-electron chi connectivity index (χ0n) is 20.8. The zero-order valence-corrected chi connectivity index (χ0v) is 20.8. The Balaban J connectivity index is 1.62. The molecule has 0 aromatic heterocycles. The summed E-state index contributed by atoms with van der Waals surface area (Å²) in [6.45, 7) is 4.45. The van der Waals surface area contributed by atoms with Gasteiger partial charge < -0.3 is 24.6 Å². The summed E-state index contributed by atoms with van der Waals surface area (Å²) in [4.78, 5) is 11.2. The quantitative estimate of drug-likeness (QED) is 0.403. The van der Waals surface area contributed by atoms with Crippen LogP contribution in [0.25, 0.3) is 11.1 Å². The van der Waals surface area contributed by atoms with E-state index in [1.165, 1.54) is 11.1 Å². The smallest absolute Gasteiger partial charge is 0.308 e. The van der Waals surface area contributed by atoms with Crippen molar-refractivity contribution in [2.75, 3.05) is 26.1 Å². The highest BCUT2D eigenvalue weighted by Crippen LogP contribution is 2.37. The third-order valence-corrected chi connectivity index (χ3v) is 6.69. The van der Waals surface area contributed by atoms with Gasteiger partial charge in [0.25, 0.3) is 0 Å². The van der Waals surface area contributed by atoms with Gasteiger partial charge in [0.05, 0.1) is 32.8 Å². The molecule has 35 heavy (non-hydrogen) atoms. The molecule has 6 nitrogen and oxygen atoms in total. The number of carboxylic acid groups (broad SMARTS) is 1. The molecule has 3 aromatic rings. The fraction of sp³-hybridized carbons (Fsp3) is 0.345. The summed E-state index contributed by atoms with van der Waals surface area (Å²) in [5.41, 5.74) is 7.52. The van der Waals surface area contributed by atoms with Crippen molar-refractivity contribution in [2.24, 2.45) is 5.92 Å². The number of fused-ring (bicyclic) bond motifs is 1. The Morgan fingerprint density at radius 2 is 1.66 bits per heavy atom. The minimum Gasteiger partial charge on any atom is -0.496 e. The maximum atomic E-state index is 11.2. The van der Waals surface area contributed by atoms with Gasteiger partial charge in [-0.2, -0.15) is 0 Å². The summed E-state index contributed by atoms with van der Waals surface area (Å²) in [6.07, 6.45) is 1.95. The second-order valence-corrected chi connectivity index (χ2v) is 9.11. The second kappa shape index (κ2) is 10.8. The number of anilines is 1. The van der Waals surface area contributed by atoms with Crippen molar-refractivity contribution in [3.05, 3.63) is 76.9 Å². The van der Waals surface area contributed by atoms with Gasteiger partial charge in [-0.05, 0) is 71.8 Å². The van der Waals surface area contributed by atoms with E-state index in [4.69, 9.17) is 14.2 Å². The lowest BCUT2D eigenvalue weighted by Gasteiger charge is -2.19. The minimum atomic E-state index is -0.822. The van der Waals surface area contributed by atoms with E-state index in [-0.39, 0.29) is 6.10 Å². The third-order valence-electron chi connectivity index (χ3n) is 6.69. The number of rotatable bonds is 10. The van der Waals surface area contributed by atoms with Gasteiger partial charge in [-0.25, -0.2) is 0 Å². The molecule has 0 amide bonds. The number of nitrogens with one attached hydrogen (secondary N) is 1. The molecule has 0 heterocycles. The molecule has 0 aliphatic heterocycles. The number of benzene rings is 3. The summed E-state index contributed by atoms with van der Waals surface area (Å²) in [5, 5.41) is 12.5. The first-order valence-corrected chi connectivity index (χ1v) is 11.9. The van der Waals surface area contributed by atoms with Gasteiger partial charge in [-0.3, -0.25) is 4.79 Å². The standard InChI is InChI=1S/C29H33NO5/c1-18(29(31)32)16-30-24-9-10-26(22-14-27(33-3)19(2)28(15-22)34-4)23(11-24)17-35-25-12-20-7-5-6-8-21(20)13-25/h5-11,14-15,18,25,30H,12-13,16-17H2,1-4H3,(H,31,32). The number of carboxylic acids is 1. The Bertz CT molecular complexity index is 1160. The molecule has 0 saturated heterocycles. The third kappa shape index (κ3) is 5.60. The van der Waals surface area contributed by atoms with Gasteiger partial charge in [0, 0.05) is 17.8 Å². The Morgan fingerprint density at radius 1 is 1.03 bits per heavy atom. The van der Waals surface area contributed by atoms with Crippen LogP contribution < -0.4 is 14.8 Å².